The second kappa shape index (κ2) is 11.8. The van der Waals surface area contributed by atoms with Crippen molar-refractivity contribution in [3.8, 4) is 17.6 Å². The first-order valence-corrected chi connectivity index (χ1v) is 12.4. The number of hydrogen-bond acceptors (Lipinski definition) is 8. The average molecular weight is 563 g/mol. The van der Waals surface area contributed by atoms with E-state index in [9.17, 15) is 24.5 Å². The molecule has 4 rings (SSSR count). The van der Waals surface area contributed by atoms with Gasteiger partial charge in [-0.1, -0.05) is 17.7 Å². The summed E-state index contributed by atoms with van der Waals surface area (Å²) < 4.78 is 10.6. The summed E-state index contributed by atoms with van der Waals surface area (Å²) in [5.41, 5.74) is 0.875. The second-order valence-electron chi connectivity index (χ2n) is 8.81. The topological polar surface area (TPSA) is 143 Å². The van der Waals surface area contributed by atoms with Crippen LogP contribution in [0.15, 0.2) is 60.7 Å². The number of carbonyl (C=O) groups is 3. The van der Waals surface area contributed by atoms with Crippen molar-refractivity contribution in [2.45, 2.75) is 18.9 Å². The van der Waals surface area contributed by atoms with Gasteiger partial charge in [-0.05, 0) is 60.5 Å². The predicted octanol–water partition coefficient (Wildman–Crippen LogP) is 4.15. The molecule has 0 aromatic heterocycles. The van der Waals surface area contributed by atoms with Crippen LogP contribution in [0.5, 0.6) is 11.5 Å². The number of benzene rings is 3. The summed E-state index contributed by atoms with van der Waals surface area (Å²) in [6.45, 7) is 0.00956. The molecule has 0 spiro atoms. The summed E-state index contributed by atoms with van der Waals surface area (Å²) in [4.78, 5) is 53.2. The summed E-state index contributed by atoms with van der Waals surface area (Å²) in [7, 11) is 3.00. The van der Waals surface area contributed by atoms with Crippen LogP contribution in [0.3, 0.4) is 0 Å². The molecule has 3 amide bonds. The van der Waals surface area contributed by atoms with E-state index < -0.39 is 34.4 Å². The van der Waals surface area contributed by atoms with E-state index >= 15 is 0 Å². The molecule has 3 aromatic carbocycles. The molecule has 204 valence electrons. The lowest BCUT2D eigenvalue weighted by Crippen LogP contribution is -2.46. The highest BCUT2D eigenvalue weighted by Crippen LogP contribution is 2.31. The zero-order valence-corrected chi connectivity index (χ0v) is 22.3. The molecule has 0 saturated carbocycles. The fourth-order valence-electron chi connectivity index (χ4n) is 4.45. The minimum Gasteiger partial charge on any atom is -0.493 e. The van der Waals surface area contributed by atoms with Gasteiger partial charge in [0.1, 0.15) is 11.1 Å². The Bertz CT molecular complexity index is 1530. The third kappa shape index (κ3) is 5.57. The molecule has 11 nitrogen and oxygen atoms in total. The standard InChI is InChI=1S/C28H23ClN4O7/c1-39-24-10-5-17(13-25(24)40-2)11-12-31(27(35)19-6-9-21(29)22(14-19)33(37)38)23-15-26(34)32(28(23)36)20-7-3-18(16-30)4-8-20/h3-10,13-14,23H,11-12,15H2,1-2H3. The SMILES string of the molecule is COc1ccc(CCN(C(=O)c2ccc(Cl)c([N+](=O)[O-])c2)C2CC(=O)N(c3ccc(C#N)cc3)C2=O)cc1OC. The second-order valence-corrected chi connectivity index (χ2v) is 9.21. The molecule has 3 aromatic rings. The van der Waals surface area contributed by atoms with Crippen molar-refractivity contribution in [2.75, 3.05) is 25.7 Å². The van der Waals surface area contributed by atoms with Crippen molar-refractivity contribution in [2.24, 2.45) is 0 Å². The van der Waals surface area contributed by atoms with Gasteiger partial charge in [-0.2, -0.15) is 5.26 Å². The Labute approximate surface area is 234 Å². The number of carbonyl (C=O) groups excluding carboxylic acids is 3. The average Bonchev–Trinajstić information content (AvgIpc) is 3.25. The number of methoxy groups -OCH3 is 2. The molecule has 0 bridgehead atoms. The highest BCUT2D eigenvalue weighted by atomic mass is 35.5. The fraction of sp³-hybridized carbons (Fsp3) is 0.214. The zero-order valence-electron chi connectivity index (χ0n) is 21.5. The van der Waals surface area contributed by atoms with Crippen LogP contribution in [0, 0.1) is 21.4 Å². The van der Waals surface area contributed by atoms with Gasteiger partial charge in [-0.3, -0.25) is 24.5 Å². The normalized spacial score (nSPS) is 14.6. The third-order valence-electron chi connectivity index (χ3n) is 6.49. The molecule has 0 radical (unpaired) electrons. The molecule has 1 aliphatic heterocycles. The molecule has 1 aliphatic rings. The van der Waals surface area contributed by atoms with Crippen LogP contribution in [0.1, 0.15) is 27.9 Å². The lowest BCUT2D eigenvalue weighted by Gasteiger charge is -2.28. The van der Waals surface area contributed by atoms with Gasteiger partial charge in [0.2, 0.25) is 5.91 Å². The molecule has 40 heavy (non-hydrogen) atoms. The minimum absolute atomic E-state index is 0.00956. The molecule has 1 heterocycles. The Morgan fingerprint density at radius 3 is 2.42 bits per heavy atom. The van der Waals surface area contributed by atoms with E-state index in [2.05, 4.69) is 0 Å². The molecular weight excluding hydrogens is 540 g/mol. The molecule has 0 N–H and O–H groups in total. The number of hydrogen-bond donors (Lipinski definition) is 0. The van der Waals surface area contributed by atoms with E-state index in [1.807, 2.05) is 6.07 Å². The maximum atomic E-state index is 13.7. The number of nitrogens with zero attached hydrogens (tertiary/aromatic N) is 4. The first-order valence-electron chi connectivity index (χ1n) is 12.0. The fourth-order valence-corrected chi connectivity index (χ4v) is 4.64. The van der Waals surface area contributed by atoms with E-state index in [-0.39, 0.29) is 35.7 Å². The van der Waals surface area contributed by atoms with Crippen LogP contribution in [0.2, 0.25) is 5.02 Å². The van der Waals surface area contributed by atoms with Crippen molar-refractivity contribution in [1.82, 2.24) is 4.90 Å². The van der Waals surface area contributed by atoms with E-state index in [0.717, 1.165) is 16.5 Å². The monoisotopic (exact) mass is 562 g/mol. The smallest absolute Gasteiger partial charge is 0.288 e. The third-order valence-corrected chi connectivity index (χ3v) is 6.81. The van der Waals surface area contributed by atoms with Crippen molar-refractivity contribution < 1.29 is 28.8 Å². The summed E-state index contributed by atoms with van der Waals surface area (Å²) in [5.74, 6) is -0.829. The molecule has 0 aliphatic carbocycles. The van der Waals surface area contributed by atoms with Crippen molar-refractivity contribution in [1.29, 1.82) is 5.26 Å². The Morgan fingerprint density at radius 1 is 1.10 bits per heavy atom. The Balaban J connectivity index is 1.69. The number of imide groups is 1. The number of anilines is 1. The quantitative estimate of drug-likeness (QED) is 0.215. The van der Waals surface area contributed by atoms with Gasteiger partial charge in [0, 0.05) is 18.2 Å². The van der Waals surface area contributed by atoms with Gasteiger partial charge in [-0.25, -0.2) is 4.90 Å². The molecular formula is C28H23ClN4O7. The molecule has 1 atom stereocenters. The maximum absolute atomic E-state index is 13.7. The minimum atomic E-state index is -1.16. The summed E-state index contributed by atoms with van der Waals surface area (Å²) in [6.07, 6.45) is -0.0111. The van der Waals surface area contributed by atoms with Gasteiger partial charge in [0.05, 0.1) is 42.9 Å². The van der Waals surface area contributed by atoms with Crippen molar-refractivity contribution in [3.05, 3.63) is 92.5 Å². The lowest BCUT2D eigenvalue weighted by atomic mass is 10.1. The van der Waals surface area contributed by atoms with Crippen LogP contribution in [-0.2, 0) is 16.0 Å². The van der Waals surface area contributed by atoms with Crippen molar-refractivity contribution >= 4 is 40.7 Å². The zero-order chi connectivity index (χ0) is 29.0. The van der Waals surface area contributed by atoms with Gasteiger partial charge in [0.25, 0.3) is 17.5 Å². The first-order chi connectivity index (χ1) is 19.2. The van der Waals surface area contributed by atoms with Crippen LogP contribution in [0.4, 0.5) is 11.4 Å². The first kappa shape index (κ1) is 28.1. The van der Waals surface area contributed by atoms with E-state index in [0.29, 0.717) is 17.1 Å². The number of amides is 3. The van der Waals surface area contributed by atoms with Crippen LogP contribution < -0.4 is 14.4 Å². The highest BCUT2D eigenvalue weighted by Gasteiger charge is 2.44. The largest absolute Gasteiger partial charge is 0.493 e. The van der Waals surface area contributed by atoms with E-state index in [4.69, 9.17) is 26.3 Å². The number of rotatable bonds is 9. The number of nitro benzene ring substituents is 1. The van der Waals surface area contributed by atoms with Crippen molar-refractivity contribution in [3.63, 3.8) is 0 Å². The Morgan fingerprint density at radius 2 is 1.80 bits per heavy atom. The molecule has 1 saturated heterocycles. The summed E-state index contributed by atoms with van der Waals surface area (Å²) in [6, 6.07) is 15.6. The molecule has 1 unspecified atom stereocenters. The number of ether oxygens (including phenoxy) is 2. The summed E-state index contributed by atoms with van der Waals surface area (Å²) in [5, 5.41) is 20.4. The van der Waals surface area contributed by atoms with Crippen LogP contribution >= 0.6 is 11.6 Å². The van der Waals surface area contributed by atoms with Crippen LogP contribution in [0.25, 0.3) is 0 Å². The molecule has 12 heteroatoms. The molecule has 1 fully saturated rings. The van der Waals surface area contributed by atoms with Gasteiger partial charge < -0.3 is 14.4 Å². The van der Waals surface area contributed by atoms with Gasteiger partial charge in [-0.15, -0.1) is 0 Å². The van der Waals surface area contributed by atoms with Crippen LogP contribution in [-0.4, -0.2) is 54.4 Å². The van der Waals surface area contributed by atoms with E-state index in [1.54, 1.807) is 18.2 Å². The van der Waals surface area contributed by atoms with Gasteiger partial charge >= 0.3 is 0 Å². The van der Waals surface area contributed by atoms with Gasteiger partial charge in [0.15, 0.2) is 11.5 Å². The summed E-state index contributed by atoms with van der Waals surface area (Å²) >= 11 is 5.93. The highest BCUT2D eigenvalue weighted by molar-refractivity contribution is 6.32. The predicted molar refractivity (Wildman–Crippen MR) is 144 cm³/mol. The number of nitriles is 1. The Kier molecular flexibility index (Phi) is 8.31. The Hall–Kier alpha value is -4.95. The van der Waals surface area contributed by atoms with E-state index in [1.165, 1.54) is 55.5 Å². The maximum Gasteiger partial charge on any atom is 0.288 e. The lowest BCUT2D eigenvalue weighted by molar-refractivity contribution is -0.384. The number of halogens is 1. The number of nitro groups is 1.